The molecule has 0 spiro atoms. The van der Waals surface area contributed by atoms with Crippen LogP contribution in [0, 0.1) is 0 Å². The van der Waals surface area contributed by atoms with Gasteiger partial charge in [0.05, 0.1) is 0 Å². The molecule has 2 rings (SSSR count). The summed E-state index contributed by atoms with van der Waals surface area (Å²) in [4.78, 5) is 16.1. The number of hydrogen-bond acceptors (Lipinski definition) is 3. The van der Waals surface area contributed by atoms with Crippen molar-refractivity contribution in [2.24, 2.45) is 0 Å². The Morgan fingerprint density at radius 3 is 2.35 bits per heavy atom. The first-order valence-corrected chi connectivity index (χ1v) is 6.50. The zero-order chi connectivity index (χ0) is 14.8. The highest BCUT2D eigenvalue weighted by Gasteiger charge is 2.14. The second-order valence-corrected chi connectivity index (χ2v) is 5.76. The molecule has 3 N–H and O–H groups in total. The van der Waals surface area contributed by atoms with Gasteiger partial charge in [-0.25, -0.2) is 4.98 Å². The van der Waals surface area contributed by atoms with E-state index in [1.807, 2.05) is 24.3 Å². The summed E-state index contributed by atoms with van der Waals surface area (Å²) in [6.45, 7) is 6.41. The zero-order valence-corrected chi connectivity index (χ0v) is 12.0. The number of hydrogen-bond donors (Lipinski definition) is 2. The lowest BCUT2D eigenvalue weighted by atomic mass is 9.87. The highest BCUT2D eigenvalue weighted by atomic mass is 16.1. The van der Waals surface area contributed by atoms with Crippen LogP contribution in [0.5, 0.6) is 0 Å². The summed E-state index contributed by atoms with van der Waals surface area (Å²) in [5.41, 5.74) is 8.08. The molecule has 0 bridgehead atoms. The summed E-state index contributed by atoms with van der Waals surface area (Å²) in [5.74, 6) is 0.262. The molecule has 1 amide bonds. The highest BCUT2D eigenvalue weighted by molar-refractivity contribution is 6.03. The molecule has 0 saturated carbocycles. The van der Waals surface area contributed by atoms with Crippen molar-refractivity contribution in [3.63, 3.8) is 0 Å². The second-order valence-electron chi connectivity index (χ2n) is 5.76. The van der Waals surface area contributed by atoms with Gasteiger partial charge in [-0.3, -0.25) is 4.79 Å². The molecule has 0 unspecified atom stereocenters. The van der Waals surface area contributed by atoms with Crippen LogP contribution < -0.4 is 11.1 Å². The molecule has 20 heavy (non-hydrogen) atoms. The predicted molar refractivity (Wildman–Crippen MR) is 81.7 cm³/mol. The first kappa shape index (κ1) is 14.1. The topological polar surface area (TPSA) is 68.0 Å². The van der Waals surface area contributed by atoms with Crippen LogP contribution in [0.25, 0.3) is 0 Å². The van der Waals surface area contributed by atoms with Crippen molar-refractivity contribution in [2.45, 2.75) is 26.2 Å². The van der Waals surface area contributed by atoms with Crippen molar-refractivity contribution in [3.05, 3.63) is 53.7 Å². The molecule has 2 aromatic rings. The van der Waals surface area contributed by atoms with Crippen LogP contribution in [0.4, 0.5) is 11.5 Å². The van der Waals surface area contributed by atoms with Gasteiger partial charge in [0, 0.05) is 23.5 Å². The number of nitrogens with one attached hydrogen (secondary N) is 1. The zero-order valence-electron chi connectivity index (χ0n) is 12.0. The third kappa shape index (κ3) is 3.35. The molecular formula is C16H19N3O. The fourth-order valence-corrected chi connectivity index (χ4v) is 1.83. The first-order valence-electron chi connectivity index (χ1n) is 6.50. The van der Waals surface area contributed by atoms with Crippen LogP contribution in [0.2, 0.25) is 0 Å². The van der Waals surface area contributed by atoms with Crippen molar-refractivity contribution in [3.8, 4) is 0 Å². The van der Waals surface area contributed by atoms with E-state index in [1.165, 1.54) is 5.56 Å². The summed E-state index contributed by atoms with van der Waals surface area (Å²) >= 11 is 0. The van der Waals surface area contributed by atoms with E-state index in [0.29, 0.717) is 17.1 Å². The Labute approximate surface area is 119 Å². The lowest BCUT2D eigenvalue weighted by Crippen LogP contribution is -2.15. The number of pyridine rings is 1. The maximum atomic E-state index is 12.1. The number of aromatic nitrogens is 1. The van der Waals surface area contributed by atoms with Gasteiger partial charge in [0.1, 0.15) is 5.82 Å². The molecule has 0 fully saturated rings. The Kier molecular flexibility index (Phi) is 3.74. The Morgan fingerprint density at radius 2 is 1.80 bits per heavy atom. The van der Waals surface area contributed by atoms with Crippen molar-refractivity contribution in [1.82, 2.24) is 4.98 Å². The minimum atomic E-state index is -0.191. The van der Waals surface area contributed by atoms with Crippen LogP contribution in [0.15, 0.2) is 42.6 Å². The van der Waals surface area contributed by atoms with Gasteiger partial charge in [0.15, 0.2) is 0 Å². The summed E-state index contributed by atoms with van der Waals surface area (Å²) in [6.07, 6.45) is 1.56. The summed E-state index contributed by atoms with van der Waals surface area (Å²) in [7, 11) is 0. The molecule has 4 nitrogen and oxygen atoms in total. The molecular weight excluding hydrogens is 250 g/mol. The quantitative estimate of drug-likeness (QED) is 0.879. The number of nitrogens with two attached hydrogens (primary N) is 1. The van der Waals surface area contributed by atoms with E-state index in [1.54, 1.807) is 18.3 Å². The standard InChI is InChI=1S/C16H19N3O/c1-16(2,3)12-6-4-11(5-7-12)15(20)19-14-10-13(17)8-9-18-14/h4-10H,1-3H3,(H3,17,18,19,20). The normalized spacial score (nSPS) is 11.2. The smallest absolute Gasteiger partial charge is 0.256 e. The average molecular weight is 269 g/mol. The van der Waals surface area contributed by atoms with Crippen molar-refractivity contribution < 1.29 is 4.79 Å². The predicted octanol–water partition coefficient (Wildman–Crippen LogP) is 3.21. The van der Waals surface area contributed by atoms with Crippen LogP contribution in [-0.2, 0) is 5.41 Å². The third-order valence-corrected chi connectivity index (χ3v) is 3.04. The third-order valence-electron chi connectivity index (χ3n) is 3.04. The van der Waals surface area contributed by atoms with E-state index >= 15 is 0 Å². The molecule has 0 atom stereocenters. The molecule has 4 heteroatoms. The van der Waals surface area contributed by atoms with Crippen LogP contribution in [-0.4, -0.2) is 10.9 Å². The summed E-state index contributed by atoms with van der Waals surface area (Å²) in [5, 5.41) is 2.73. The number of anilines is 2. The summed E-state index contributed by atoms with van der Waals surface area (Å²) in [6, 6.07) is 10.9. The number of rotatable bonds is 2. The monoisotopic (exact) mass is 269 g/mol. The molecule has 0 aliphatic carbocycles. The largest absolute Gasteiger partial charge is 0.399 e. The van der Waals surface area contributed by atoms with Crippen molar-refractivity contribution in [2.75, 3.05) is 11.1 Å². The van der Waals surface area contributed by atoms with Gasteiger partial charge in [-0.15, -0.1) is 0 Å². The number of carbonyl (C=O) groups is 1. The molecule has 1 aromatic heterocycles. The Morgan fingerprint density at radius 1 is 1.15 bits per heavy atom. The number of benzene rings is 1. The van der Waals surface area contributed by atoms with Crippen LogP contribution >= 0.6 is 0 Å². The van der Waals surface area contributed by atoms with Gasteiger partial charge >= 0.3 is 0 Å². The highest BCUT2D eigenvalue weighted by Crippen LogP contribution is 2.22. The minimum absolute atomic E-state index is 0.0739. The number of amides is 1. The number of nitrogen functional groups attached to an aromatic ring is 1. The van der Waals surface area contributed by atoms with Crippen molar-refractivity contribution >= 4 is 17.4 Å². The SMILES string of the molecule is CC(C)(C)c1ccc(C(=O)Nc2cc(N)ccn2)cc1. The minimum Gasteiger partial charge on any atom is -0.399 e. The van der Waals surface area contributed by atoms with Crippen molar-refractivity contribution in [1.29, 1.82) is 0 Å². The lowest BCUT2D eigenvalue weighted by Gasteiger charge is -2.19. The molecule has 0 aliphatic heterocycles. The lowest BCUT2D eigenvalue weighted by molar-refractivity contribution is 0.102. The summed E-state index contributed by atoms with van der Waals surface area (Å²) < 4.78 is 0. The maximum absolute atomic E-state index is 12.1. The van der Waals surface area contributed by atoms with E-state index in [-0.39, 0.29) is 11.3 Å². The number of carbonyl (C=O) groups excluding carboxylic acids is 1. The van der Waals surface area contributed by atoms with Gasteiger partial charge in [0.25, 0.3) is 5.91 Å². The van der Waals surface area contributed by atoms with E-state index in [2.05, 4.69) is 31.1 Å². The fourth-order valence-electron chi connectivity index (χ4n) is 1.83. The van der Waals surface area contributed by atoms with Crippen LogP contribution in [0.1, 0.15) is 36.7 Å². The molecule has 0 radical (unpaired) electrons. The average Bonchev–Trinajstić information content (AvgIpc) is 2.38. The second kappa shape index (κ2) is 5.33. The van der Waals surface area contributed by atoms with Gasteiger partial charge in [-0.1, -0.05) is 32.9 Å². The van der Waals surface area contributed by atoms with E-state index in [4.69, 9.17) is 5.73 Å². The Bertz CT molecular complexity index is 612. The molecule has 1 aromatic carbocycles. The van der Waals surface area contributed by atoms with Gasteiger partial charge in [0.2, 0.25) is 0 Å². The van der Waals surface area contributed by atoms with E-state index < -0.39 is 0 Å². The van der Waals surface area contributed by atoms with E-state index in [9.17, 15) is 4.79 Å². The maximum Gasteiger partial charge on any atom is 0.256 e. The van der Waals surface area contributed by atoms with Gasteiger partial charge < -0.3 is 11.1 Å². The van der Waals surface area contributed by atoms with Gasteiger partial charge in [-0.2, -0.15) is 0 Å². The van der Waals surface area contributed by atoms with E-state index in [0.717, 1.165) is 0 Å². The molecule has 1 heterocycles. The van der Waals surface area contributed by atoms with Gasteiger partial charge in [-0.05, 0) is 29.2 Å². The molecule has 104 valence electrons. The molecule has 0 aliphatic rings. The number of nitrogens with zero attached hydrogens (tertiary/aromatic N) is 1. The molecule has 0 saturated heterocycles. The first-order chi connectivity index (χ1) is 9.36. The van der Waals surface area contributed by atoms with Crippen LogP contribution in [0.3, 0.4) is 0 Å². The fraction of sp³-hybridized carbons (Fsp3) is 0.250. The Balaban J connectivity index is 2.14. The Hall–Kier alpha value is -2.36.